The number of hydrogen-bond donors (Lipinski definition) is 1. The molecule has 19 heavy (non-hydrogen) atoms. The Morgan fingerprint density at radius 3 is 2.58 bits per heavy atom. The molecule has 2 rings (SSSR count). The van der Waals surface area contributed by atoms with Gasteiger partial charge in [0.15, 0.2) is 5.75 Å². The number of halogens is 2. The van der Waals surface area contributed by atoms with Crippen molar-refractivity contribution < 1.29 is 9.84 Å². The maximum atomic E-state index is 10.3. The molecule has 6 heteroatoms. The van der Waals surface area contributed by atoms with Gasteiger partial charge in [0.05, 0.1) is 13.3 Å². The van der Waals surface area contributed by atoms with Gasteiger partial charge in [0.1, 0.15) is 11.8 Å². The molecule has 0 amide bonds. The molecule has 0 aliphatic rings. The minimum Gasteiger partial charge on any atom is -0.493 e. The maximum absolute atomic E-state index is 10.3. The van der Waals surface area contributed by atoms with E-state index in [9.17, 15) is 5.11 Å². The molecule has 1 atom stereocenters. The lowest BCUT2D eigenvalue weighted by atomic mass is 10.1. The van der Waals surface area contributed by atoms with E-state index < -0.39 is 6.10 Å². The highest BCUT2D eigenvalue weighted by atomic mass is 35.5. The summed E-state index contributed by atoms with van der Waals surface area (Å²) >= 11 is 12.2. The number of nitrogens with zero attached hydrogens (tertiary/aromatic N) is 2. The Kier molecular flexibility index (Phi) is 4.34. The van der Waals surface area contributed by atoms with Crippen molar-refractivity contribution in [3.05, 3.63) is 45.7 Å². The van der Waals surface area contributed by atoms with Gasteiger partial charge in [-0.2, -0.15) is 5.10 Å². The van der Waals surface area contributed by atoms with Gasteiger partial charge in [0.25, 0.3) is 0 Å². The van der Waals surface area contributed by atoms with Gasteiger partial charge in [0, 0.05) is 23.5 Å². The number of aliphatic hydroxyl groups excluding tert-OH is 1. The number of aliphatic hydroxyl groups is 1. The van der Waals surface area contributed by atoms with Crippen molar-refractivity contribution >= 4 is 23.2 Å². The predicted molar refractivity (Wildman–Crippen MR) is 74.9 cm³/mol. The van der Waals surface area contributed by atoms with E-state index in [0.29, 0.717) is 33.5 Å². The smallest absolute Gasteiger partial charge is 0.162 e. The van der Waals surface area contributed by atoms with Crippen molar-refractivity contribution in [1.82, 2.24) is 9.78 Å². The van der Waals surface area contributed by atoms with E-state index in [0.717, 1.165) is 0 Å². The van der Waals surface area contributed by atoms with Crippen LogP contribution in [0.1, 0.15) is 17.4 Å². The summed E-state index contributed by atoms with van der Waals surface area (Å²) in [6, 6.07) is 5.26. The van der Waals surface area contributed by atoms with Gasteiger partial charge in [-0.05, 0) is 17.7 Å². The molecular weight excluding hydrogens is 287 g/mol. The molecule has 1 N–H and O–H groups in total. The van der Waals surface area contributed by atoms with E-state index in [1.54, 1.807) is 36.1 Å². The summed E-state index contributed by atoms with van der Waals surface area (Å²) in [6.07, 6.45) is 1.07. The van der Waals surface area contributed by atoms with E-state index in [1.807, 2.05) is 0 Å². The lowest BCUT2D eigenvalue weighted by Gasteiger charge is -2.14. The van der Waals surface area contributed by atoms with Gasteiger partial charge in [-0.1, -0.05) is 29.3 Å². The minimum absolute atomic E-state index is 0.300. The average molecular weight is 301 g/mol. The van der Waals surface area contributed by atoms with Crippen molar-refractivity contribution in [1.29, 1.82) is 0 Å². The van der Waals surface area contributed by atoms with E-state index in [4.69, 9.17) is 27.9 Å². The van der Waals surface area contributed by atoms with Crippen LogP contribution < -0.4 is 4.74 Å². The van der Waals surface area contributed by atoms with E-state index >= 15 is 0 Å². The zero-order valence-electron chi connectivity index (χ0n) is 10.6. The number of rotatable bonds is 4. The summed E-state index contributed by atoms with van der Waals surface area (Å²) in [7, 11) is 3.28. The third-order valence-corrected chi connectivity index (χ3v) is 3.65. The SMILES string of the molecule is COc1cnn(C)c1C(O)Cc1c(Cl)cccc1Cl. The van der Waals surface area contributed by atoms with E-state index in [2.05, 4.69) is 5.10 Å². The van der Waals surface area contributed by atoms with Crippen LogP contribution in [0, 0.1) is 0 Å². The number of methoxy groups -OCH3 is 1. The lowest BCUT2D eigenvalue weighted by molar-refractivity contribution is 0.164. The molecule has 0 saturated heterocycles. The monoisotopic (exact) mass is 300 g/mol. The summed E-state index contributed by atoms with van der Waals surface area (Å²) in [6.45, 7) is 0. The Bertz CT molecular complexity index is 564. The Morgan fingerprint density at radius 1 is 1.37 bits per heavy atom. The molecule has 0 aliphatic carbocycles. The molecule has 1 unspecified atom stereocenters. The van der Waals surface area contributed by atoms with Crippen LogP contribution in [0.25, 0.3) is 0 Å². The topological polar surface area (TPSA) is 47.3 Å². The maximum Gasteiger partial charge on any atom is 0.162 e. The van der Waals surface area contributed by atoms with Crippen molar-refractivity contribution in [2.24, 2.45) is 7.05 Å². The van der Waals surface area contributed by atoms with Crippen LogP contribution in [0.3, 0.4) is 0 Å². The van der Waals surface area contributed by atoms with Crippen molar-refractivity contribution in [3.8, 4) is 5.75 Å². The summed E-state index contributed by atoms with van der Waals surface area (Å²) in [5, 5.41) is 15.5. The van der Waals surface area contributed by atoms with Gasteiger partial charge in [-0.15, -0.1) is 0 Å². The number of aryl methyl sites for hydroxylation is 1. The fourth-order valence-corrected chi connectivity index (χ4v) is 2.53. The highest BCUT2D eigenvalue weighted by molar-refractivity contribution is 6.35. The Morgan fingerprint density at radius 2 is 2.00 bits per heavy atom. The van der Waals surface area contributed by atoms with E-state index in [1.165, 1.54) is 7.11 Å². The lowest BCUT2D eigenvalue weighted by Crippen LogP contribution is -2.10. The summed E-state index contributed by atoms with van der Waals surface area (Å²) in [5.41, 5.74) is 1.31. The Labute approximate surface area is 121 Å². The molecule has 0 bridgehead atoms. The normalized spacial score (nSPS) is 12.5. The van der Waals surface area contributed by atoms with Gasteiger partial charge >= 0.3 is 0 Å². The fourth-order valence-electron chi connectivity index (χ4n) is 1.98. The van der Waals surface area contributed by atoms with Gasteiger partial charge in [0.2, 0.25) is 0 Å². The Balaban J connectivity index is 2.31. The van der Waals surface area contributed by atoms with Crippen LogP contribution in [0.2, 0.25) is 10.0 Å². The first-order valence-electron chi connectivity index (χ1n) is 5.71. The molecule has 4 nitrogen and oxygen atoms in total. The van der Waals surface area contributed by atoms with Crippen molar-refractivity contribution in [2.45, 2.75) is 12.5 Å². The van der Waals surface area contributed by atoms with Gasteiger partial charge < -0.3 is 9.84 Å². The van der Waals surface area contributed by atoms with Crippen LogP contribution in [0.4, 0.5) is 0 Å². The molecule has 0 saturated carbocycles. The number of ether oxygens (including phenoxy) is 1. The molecule has 1 aromatic carbocycles. The molecule has 0 radical (unpaired) electrons. The van der Waals surface area contributed by atoms with Crippen LogP contribution in [0.5, 0.6) is 5.75 Å². The van der Waals surface area contributed by atoms with Crippen LogP contribution in [0.15, 0.2) is 24.4 Å². The zero-order valence-corrected chi connectivity index (χ0v) is 12.1. The molecule has 102 valence electrons. The first-order valence-corrected chi connectivity index (χ1v) is 6.47. The molecule has 0 spiro atoms. The van der Waals surface area contributed by atoms with Gasteiger partial charge in [-0.25, -0.2) is 0 Å². The van der Waals surface area contributed by atoms with Crippen LogP contribution >= 0.6 is 23.2 Å². The summed E-state index contributed by atoms with van der Waals surface area (Å²) in [4.78, 5) is 0. The predicted octanol–water partition coefficient (Wildman–Crippen LogP) is 3.01. The summed E-state index contributed by atoms with van der Waals surface area (Å²) < 4.78 is 6.75. The van der Waals surface area contributed by atoms with Crippen LogP contribution in [-0.4, -0.2) is 22.0 Å². The van der Waals surface area contributed by atoms with Crippen molar-refractivity contribution in [3.63, 3.8) is 0 Å². The minimum atomic E-state index is -0.792. The number of hydrogen-bond acceptors (Lipinski definition) is 3. The standard InChI is InChI=1S/C13H14Cl2N2O2/c1-17-13(12(19-2)7-16-17)11(18)6-8-9(14)4-3-5-10(8)15/h3-5,7,11,18H,6H2,1-2H3. The Hall–Kier alpha value is -1.23. The second kappa shape index (κ2) is 5.82. The molecule has 0 aliphatic heterocycles. The third kappa shape index (κ3) is 2.86. The fraction of sp³-hybridized carbons (Fsp3) is 0.308. The largest absolute Gasteiger partial charge is 0.493 e. The quantitative estimate of drug-likeness (QED) is 0.944. The average Bonchev–Trinajstić information content (AvgIpc) is 2.75. The highest BCUT2D eigenvalue weighted by Crippen LogP contribution is 2.32. The second-order valence-electron chi connectivity index (χ2n) is 4.14. The third-order valence-electron chi connectivity index (χ3n) is 2.94. The number of benzene rings is 1. The second-order valence-corrected chi connectivity index (χ2v) is 4.96. The van der Waals surface area contributed by atoms with Gasteiger partial charge in [-0.3, -0.25) is 4.68 Å². The zero-order chi connectivity index (χ0) is 14.0. The van der Waals surface area contributed by atoms with E-state index in [-0.39, 0.29) is 0 Å². The first kappa shape index (κ1) is 14.2. The first-order chi connectivity index (χ1) is 9.04. The molecular formula is C13H14Cl2N2O2. The molecule has 1 heterocycles. The number of aromatic nitrogens is 2. The van der Waals surface area contributed by atoms with Crippen LogP contribution in [-0.2, 0) is 13.5 Å². The van der Waals surface area contributed by atoms with Crippen molar-refractivity contribution in [2.75, 3.05) is 7.11 Å². The highest BCUT2D eigenvalue weighted by Gasteiger charge is 2.20. The molecule has 2 aromatic rings. The molecule has 1 aromatic heterocycles. The summed E-state index contributed by atoms with van der Waals surface area (Å²) in [5.74, 6) is 0.540. The molecule has 0 fully saturated rings.